The van der Waals surface area contributed by atoms with Crippen LogP contribution in [0.5, 0.6) is 0 Å². The van der Waals surface area contributed by atoms with Gasteiger partial charge in [0.2, 0.25) is 0 Å². The van der Waals surface area contributed by atoms with Gasteiger partial charge in [-0.05, 0) is 64.2 Å². The van der Waals surface area contributed by atoms with Crippen LogP contribution < -0.4 is 0 Å². The van der Waals surface area contributed by atoms with E-state index in [0.717, 1.165) is 24.4 Å². The lowest BCUT2D eigenvalue weighted by Gasteiger charge is -2.30. The van der Waals surface area contributed by atoms with Gasteiger partial charge in [0.1, 0.15) is 0 Å². The molecule has 1 aliphatic carbocycles. The first-order chi connectivity index (χ1) is 7.48. The lowest BCUT2D eigenvalue weighted by Crippen LogP contribution is -2.24. The summed E-state index contributed by atoms with van der Waals surface area (Å²) >= 11 is 0. The molecule has 1 fully saturated rings. The summed E-state index contributed by atoms with van der Waals surface area (Å²) in [5.74, 6) is 2.50. The number of ether oxygens (including phenoxy) is 1. The minimum Gasteiger partial charge on any atom is -0.375 e. The van der Waals surface area contributed by atoms with E-state index in [1.54, 1.807) is 5.57 Å². The third-order valence-electron chi connectivity index (χ3n) is 4.61. The summed E-state index contributed by atoms with van der Waals surface area (Å²) in [6.07, 6.45) is 7.69. The molecule has 3 atom stereocenters. The summed E-state index contributed by atoms with van der Waals surface area (Å²) in [5.41, 5.74) is 1.71. The van der Waals surface area contributed by atoms with Gasteiger partial charge >= 0.3 is 0 Å². The second-order valence-corrected chi connectivity index (χ2v) is 6.48. The van der Waals surface area contributed by atoms with E-state index in [-0.39, 0.29) is 5.60 Å². The summed E-state index contributed by atoms with van der Waals surface area (Å²) < 4.78 is 5.87. The summed E-state index contributed by atoms with van der Waals surface area (Å²) in [7, 11) is 0. The average molecular weight is 222 g/mol. The van der Waals surface area contributed by atoms with E-state index in [0.29, 0.717) is 0 Å². The molecule has 92 valence electrons. The predicted molar refractivity (Wildman–Crippen MR) is 68.4 cm³/mol. The molecule has 16 heavy (non-hydrogen) atoms. The Hall–Kier alpha value is -0.300. The summed E-state index contributed by atoms with van der Waals surface area (Å²) in [4.78, 5) is 0. The highest BCUT2D eigenvalue weighted by molar-refractivity contribution is 5.04. The lowest BCUT2D eigenvalue weighted by atomic mass is 9.74. The van der Waals surface area contributed by atoms with E-state index < -0.39 is 0 Å². The largest absolute Gasteiger partial charge is 0.375 e. The Balaban J connectivity index is 1.91. The molecule has 0 saturated carbocycles. The Morgan fingerprint density at radius 1 is 1.38 bits per heavy atom. The van der Waals surface area contributed by atoms with E-state index in [4.69, 9.17) is 4.74 Å². The molecule has 0 aromatic carbocycles. The van der Waals surface area contributed by atoms with Crippen molar-refractivity contribution in [2.45, 2.75) is 59.0 Å². The Morgan fingerprint density at radius 2 is 2.12 bits per heavy atom. The molecule has 1 saturated heterocycles. The average Bonchev–Trinajstić information content (AvgIpc) is 2.59. The molecule has 0 amide bonds. The maximum Gasteiger partial charge on any atom is 0.0630 e. The van der Waals surface area contributed by atoms with E-state index in [1.807, 2.05) is 0 Å². The van der Waals surface area contributed by atoms with Crippen molar-refractivity contribution in [2.75, 3.05) is 6.61 Å². The second-order valence-electron chi connectivity index (χ2n) is 6.48. The Bertz CT molecular complexity index is 277. The molecule has 1 heteroatoms. The lowest BCUT2D eigenvalue weighted by molar-refractivity contribution is 0.0331. The van der Waals surface area contributed by atoms with Gasteiger partial charge in [0, 0.05) is 0 Å². The fourth-order valence-electron chi connectivity index (χ4n) is 3.27. The topological polar surface area (TPSA) is 9.23 Å². The molecule has 0 radical (unpaired) electrons. The standard InChI is InChI=1S/C15H26O/c1-11-5-7-13(8-6-11)12(2)14-9-15(3,4)16-10-14/h5,12-14H,6-10H2,1-4H3. The van der Waals surface area contributed by atoms with Crippen molar-refractivity contribution < 1.29 is 4.74 Å². The first-order valence-corrected chi connectivity index (χ1v) is 6.77. The normalized spacial score (nSPS) is 35.9. The zero-order valence-electron chi connectivity index (χ0n) is 11.3. The fourth-order valence-corrected chi connectivity index (χ4v) is 3.27. The van der Waals surface area contributed by atoms with Crippen LogP contribution in [0.4, 0.5) is 0 Å². The van der Waals surface area contributed by atoms with Gasteiger partial charge in [0.05, 0.1) is 12.2 Å². The Morgan fingerprint density at radius 3 is 2.62 bits per heavy atom. The number of hydrogen-bond acceptors (Lipinski definition) is 1. The van der Waals surface area contributed by atoms with Crippen molar-refractivity contribution in [3.63, 3.8) is 0 Å². The third-order valence-corrected chi connectivity index (χ3v) is 4.61. The number of allylic oxidation sites excluding steroid dienone is 2. The molecule has 0 aromatic heterocycles. The Labute approximate surface area is 100 Å². The molecule has 0 spiro atoms. The van der Waals surface area contributed by atoms with Crippen LogP contribution in [0.1, 0.15) is 53.4 Å². The molecule has 1 aliphatic heterocycles. The van der Waals surface area contributed by atoms with Gasteiger partial charge in [0.25, 0.3) is 0 Å². The molecule has 0 N–H and O–H groups in total. The molecular weight excluding hydrogens is 196 g/mol. The molecular formula is C15H26O. The highest BCUT2D eigenvalue weighted by Crippen LogP contribution is 2.40. The minimum atomic E-state index is 0.124. The smallest absolute Gasteiger partial charge is 0.0630 e. The highest BCUT2D eigenvalue weighted by atomic mass is 16.5. The van der Waals surface area contributed by atoms with Gasteiger partial charge in [-0.1, -0.05) is 18.6 Å². The van der Waals surface area contributed by atoms with Crippen LogP contribution in [0.3, 0.4) is 0 Å². The van der Waals surface area contributed by atoms with E-state index in [9.17, 15) is 0 Å². The van der Waals surface area contributed by atoms with Gasteiger partial charge in [-0.15, -0.1) is 0 Å². The van der Waals surface area contributed by atoms with Crippen LogP contribution in [0.2, 0.25) is 0 Å². The molecule has 3 unspecified atom stereocenters. The van der Waals surface area contributed by atoms with E-state index in [2.05, 4.69) is 33.8 Å². The van der Waals surface area contributed by atoms with Crippen LogP contribution in [0.25, 0.3) is 0 Å². The molecule has 1 nitrogen and oxygen atoms in total. The van der Waals surface area contributed by atoms with Crippen molar-refractivity contribution in [1.29, 1.82) is 0 Å². The summed E-state index contributed by atoms with van der Waals surface area (Å²) in [6, 6.07) is 0. The molecule has 2 aliphatic rings. The van der Waals surface area contributed by atoms with Crippen LogP contribution >= 0.6 is 0 Å². The van der Waals surface area contributed by atoms with Gasteiger partial charge in [-0.3, -0.25) is 0 Å². The van der Waals surface area contributed by atoms with Crippen LogP contribution in [0, 0.1) is 17.8 Å². The number of rotatable bonds is 2. The zero-order chi connectivity index (χ0) is 11.8. The van der Waals surface area contributed by atoms with E-state index in [1.165, 1.54) is 25.7 Å². The van der Waals surface area contributed by atoms with Gasteiger partial charge in [-0.2, -0.15) is 0 Å². The molecule has 2 rings (SSSR count). The van der Waals surface area contributed by atoms with Gasteiger partial charge in [0.15, 0.2) is 0 Å². The first-order valence-electron chi connectivity index (χ1n) is 6.77. The quantitative estimate of drug-likeness (QED) is 0.637. The molecule has 0 bridgehead atoms. The van der Waals surface area contributed by atoms with Gasteiger partial charge < -0.3 is 4.74 Å². The monoisotopic (exact) mass is 222 g/mol. The summed E-state index contributed by atoms with van der Waals surface area (Å²) in [6.45, 7) is 10.1. The van der Waals surface area contributed by atoms with Crippen molar-refractivity contribution in [3.05, 3.63) is 11.6 Å². The predicted octanol–water partition coefficient (Wildman–Crippen LogP) is 4.18. The van der Waals surface area contributed by atoms with E-state index >= 15 is 0 Å². The maximum atomic E-state index is 5.87. The Kier molecular flexibility index (Phi) is 3.44. The van der Waals surface area contributed by atoms with Crippen LogP contribution in [-0.2, 0) is 4.74 Å². The molecule has 0 aromatic rings. The molecule has 1 heterocycles. The SMILES string of the molecule is CC1=CCC(C(C)C2COC(C)(C)C2)CC1. The van der Waals surface area contributed by atoms with Crippen LogP contribution in [0.15, 0.2) is 11.6 Å². The van der Waals surface area contributed by atoms with Crippen molar-refractivity contribution in [1.82, 2.24) is 0 Å². The van der Waals surface area contributed by atoms with Crippen molar-refractivity contribution in [3.8, 4) is 0 Å². The summed E-state index contributed by atoms with van der Waals surface area (Å²) in [5, 5.41) is 0. The third kappa shape index (κ3) is 2.68. The van der Waals surface area contributed by atoms with Crippen molar-refractivity contribution in [2.24, 2.45) is 17.8 Å². The van der Waals surface area contributed by atoms with Crippen LogP contribution in [-0.4, -0.2) is 12.2 Å². The minimum absolute atomic E-state index is 0.124. The highest BCUT2D eigenvalue weighted by Gasteiger charge is 2.37. The number of hydrogen-bond donors (Lipinski definition) is 0. The zero-order valence-corrected chi connectivity index (χ0v) is 11.3. The second kappa shape index (κ2) is 4.52. The first kappa shape index (κ1) is 12.2. The van der Waals surface area contributed by atoms with Gasteiger partial charge in [-0.25, -0.2) is 0 Å². The van der Waals surface area contributed by atoms with Crippen molar-refractivity contribution >= 4 is 0 Å². The maximum absolute atomic E-state index is 5.87. The fraction of sp³-hybridized carbons (Fsp3) is 0.867.